The predicted molar refractivity (Wildman–Crippen MR) is 50.9 cm³/mol. The summed E-state index contributed by atoms with van der Waals surface area (Å²) in [4.78, 5) is 11.2. The van der Waals surface area contributed by atoms with Gasteiger partial charge in [0.2, 0.25) is 0 Å². The van der Waals surface area contributed by atoms with E-state index < -0.39 is 5.97 Å². The molecular weight excluding hydrogens is 186 g/mol. The van der Waals surface area contributed by atoms with Crippen molar-refractivity contribution in [3.63, 3.8) is 0 Å². The van der Waals surface area contributed by atoms with Crippen molar-refractivity contribution in [2.75, 3.05) is 0 Å². The van der Waals surface area contributed by atoms with Crippen LogP contribution in [0.15, 0.2) is 11.4 Å². The lowest BCUT2D eigenvalue weighted by Gasteiger charge is -2.08. The van der Waals surface area contributed by atoms with E-state index in [9.17, 15) is 4.79 Å². The molecule has 1 aliphatic rings. The average molecular weight is 197 g/mol. The van der Waals surface area contributed by atoms with Gasteiger partial charge in [-0.25, -0.2) is 4.79 Å². The maximum absolute atomic E-state index is 10.8. The number of hydrogen-bond acceptors (Lipinski definition) is 3. The van der Waals surface area contributed by atoms with Gasteiger partial charge in [0, 0.05) is 6.04 Å². The monoisotopic (exact) mass is 197 g/mol. The van der Waals surface area contributed by atoms with Gasteiger partial charge in [0.05, 0.1) is 0 Å². The van der Waals surface area contributed by atoms with Gasteiger partial charge < -0.3 is 10.8 Å². The highest BCUT2D eigenvalue weighted by molar-refractivity contribution is 7.12. The van der Waals surface area contributed by atoms with E-state index in [1.807, 2.05) is 6.07 Å². The summed E-state index contributed by atoms with van der Waals surface area (Å²) in [6.45, 7) is 0. The summed E-state index contributed by atoms with van der Waals surface area (Å²) < 4.78 is 0. The van der Waals surface area contributed by atoms with Crippen molar-refractivity contribution in [3.8, 4) is 0 Å². The molecule has 13 heavy (non-hydrogen) atoms. The Morgan fingerprint density at radius 2 is 2.38 bits per heavy atom. The molecule has 0 aliphatic heterocycles. The number of carboxylic acids is 1. The van der Waals surface area contributed by atoms with Crippen molar-refractivity contribution in [1.82, 2.24) is 0 Å². The standard InChI is InChI=1S/C9H11NO2S/c10-7(5-1-2-5)6-3-4-13-8(6)9(11)12/h3-5,7H,1-2,10H2,(H,11,12)/t7-/m0/s1. The van der Waals surface area contributed by atoms with E-state index in [0.29, 0.717) is 10.8 Å². The Hall–Kier alpha value is -0.870. The van der Waals surface area contributed by atoms with Crippen LogP contribution < -0.4 is 5.73 Å². The molecule has 0 amide bonds. The molecule has 4 heteroatoms. The molecule has 1 aliphatic carbocycles. The Morgan fingerprint density at radius 1 is 1.69 bits per heavy atom. The van der Waals surface area contributed by atoms with Crippen molar-refractivity contribution in [1.29, 1.82) is 0 Å². The van der Waals surface area contributed by atoms with Gasteiger partial charge >= 0.3 is 5.97 Å². The molecule has 3 nitrogen and oxygen atoms in total. The molecule has 0 spiro atoms. The van der Waals surface area contributed by atoms with Gasteiger partial charge in [-0.1, -0.05) is 0 Å². The predicted octanol–water partition coefficient (Wildman–Crippen LogP) is 1.86. The minimum absolute atomic E-state index is 0.0719. The smallest absolute Gasteiger partial charge is 0.346 e. The lowest BCUT2D eigenvalue weighted by atomic mass is 10.0. The number of thiophene rings is 1. The number of nitrogens with two attached hydrogens (primary N) is 1. The summed E-state index contributed by atoms with van der Waals surface area (Å²) in [5, 5.41) is 10.7. The van der Waals surface area contributed by atoms with E-state index in [2.05, 4.69) is 0 Å². The van der Waals surface area contributed by atoms with E-state index >= 15 is 0 Å². The first-order chi connectivity index (χ1) is 6.20. The lowest BCUT2D eigenvalue weighted by Crippen LogP contribution is -2.14. The van der Waals surface area contributed by atoms with E-state index in [1.165, 1.54) is 11.3 Å². The van der Waals surface area contributed by atoms with E-state index in [-0.39, 0.29) is 6.04 Å². The van der Waals surface area contributed by atoms with Crippen LogP contribution in [0.25, 0.3) is 0 Å². The molecule has 0 saturated heterocycles. The molecule has 0 bridgehead atoms. The highest BCUT2D eigenvalue weighted by Crippen LogP contribution is 2.41. The maximum atomic E-state index is 10.8. The molecule has 1 aromatic heterocycles. The fourth-order valence-electron chi connectivity index (χ4n) is 1.46. The molecule has 2 rings (SSSR count). The van der Waals surface area contributed by atoms with Crippen molar-refractivity contribution in [2.24, 2.45) is 11.7 Å². The molecule has 3 N–H and O–H groups in total. The Labute approximate surface area is 80.2 Å². The van der Waals surface area contributed by atoms with E-state index in [4.69, 9.17) is 10.8 Å². The van der Waals surface area contributed by atoms with Gasteiger partial charge in [-0.15, -0.1) is 11.3 Å². The minimum atomic E-state index is -0.860. The van der Waals surface area contributed by atoms with Gasteiger partial charge in [-0.2, -0.15) is 0 Å². The molecule has 0 radical (unpaired) electrons. The van der Waals surface area contributed by atoms with Gasteiger partial charge in [0.25, 0.3) is 0 Å². The van der Waals surface area contributed by atoms with Crippen LogP contribution in [0.2, 0.25) is 0 Å². The fourth-order valence-corrected chi connectivity index (χ4v) is 2.26. The van der Waals surface area contributed by atoms with Crippen molar-refractivity contribution >= 4 is 17.3 Å². The van der Waals surface area contributed by atoms with Crippen LogP contribution in [0.4, 0.5) is 0 Å². The molecule has 0 unspecified atom stereocenters. The average Bonchev–Trinajstić information content (AvgIpc) is 2.80. The molecular formula is C9H11NO2S. The Morgan fingerprint density at radius 3 is 2.92 bits per heavy atom. The molecule has 1 saturated carbocycles. The first-order valence-electron chi connectivity index (χ1n) is 4.26. The number of carbonyl (C=O) groups is 1. The second-order valence-corrected chi connectivity index (χ2v) is 4.29. The normalized spacial score (nSPS) is 18.5. The Balaban J connectivity index is 2.27. The van der Waals surface area contributed by atoms with Crippen LogP contribution in [0.5, 0.6) is 0 Å². The van der Waals surface area contributed by atoms with Crippen LogP contribution in [0, 0.1) is 5.92 Å². The largest absolute Gasteiger partial charge is 0.477 e. The molecule has 0 aromatic carbocycles. The molecule has 1 fully saturated rings. The van der Waals surface area contributed by atoms with Crippen LogP contribution >= 0.6 is 11.3 Å². The fraction of sp³-hybridized carbons (Fsp3) is 0.444. The topological polar surface area (TPSA) is 63.3 Å². The number of hydrogen-bond donors (Lipinski definition) is 2. The molecule has 1 aromatic rings. The van der Waals surface area contributed by atoms with Gasteiger partial charge in [-0.3, -0.25) is 0 Å². The van der Waals surface area contributed by atoms with Crippen LogP contribution in [-0.2, 0) is 0 Å². The third-order valence-corrected chi connectivity index (χ3v) is 3.30. The van der Waals surface area contributed by atoms with Crippen LogP contribution in [-0.4, -0.2) is 11.1 Å². The van der Waals surface area contributed by atoms with Gasteiger partial charge in [0.15, 0.2) is 0 Å². The highest BCUT2D eigenvalue weighted by atomic mass is 32.1. The third-order valence-electron chi connectivity index (χ3n) is 2.38. The first kappa shape index (κ1) is 8.72. The van der Waals surface area contributed by atoms with Gasteiger partial charge in [0.1, 0.15) is 4.88 Å². The summed E-state index contributed by atoms with van der Waals surface area (Å²) in [6, 6.07) is 1.76. The zero-order chi connectivity index (χ0) is 9.42. The highest BCUT2D eigenvalue weighted by Gasteiger charge is 2.32. The second-order valence-electron chi connectivity index (χ2n) is 3.37. The van der Waals surface area contributed by atoms with Crippen molar-refractivity contribution in [3.05, 3.63) is 21.9 Å². The van der Waals surface area contributed by atoms with Crippen molar-refractivity contribution in [2.45, 2.75) is 18.9 Å². The Bertz CT molecular complexity index is 330. The summed E-state index contributed by atoms with van der Waals surface area (Å²) >= 11 is 1.25. The minimum Gasteiger partial charge on any atom is -0.477 e. The summed E-state index contributed by atoms with van der Waals surface area (Å²) in [5.41, 5.74) is 6.73. The third kappa shape index (κ3) is 1.59. The van der Waals surface area contributed by atoms with Gasteiger partial charge in [-0.05, 0) is 35.8 Å². The number of rotatable bonds is 3. The van der Waals surface area contributed by atoms with Crippen LogP contribution in [0.1, 0.15) is 34.1 Å². The summed E-state index contributed by atoms with van der Waals surface area (Å²) in [7, 11) is 0. The lowest BCUT2D eigenvalue weighted by molar-refractivity contribution is 0.0700. The number of aromatic carboxylic acids is 1. The summed E-state index contributed by atoms with van der Waals surface area (Å²) in [5.74, 6) is -0.353. The SMILES string of the molecule is N[C@H](c1ccsc1C(=O)O)C1CC1. The molecule has 70 valence electrons. The van der Waals surface area contributed by atoms with E-state index in [0.717, 1.165) is 18.4 Å². The maximum Gasteiger partial charge on any atom is 0.346 e. The quantitative estimate of drug-likeness (QED) is 0.777. The zero-order valence-corrected chi connectivity index (χ0v) is 7.88. The second kappa shape index (κ2) is 3.12. The zero-order valence-electron chi connectivity index (χ0n) is 7.06. The Kier molecular flexibility index (Phi) is 2.09. The molecule has 1 heterocycles. The van der Waals surface area contributed by atoms with Crippen molar-refractivity contribution < 1.29 is 9.90 Å². The first-order valence-corrected chi connectivity index (χ1v) is 5.14. The van der Waals surface area contributed by atoms with Crippen LogP contribution in [0.3, 0.4) is 0 Å². The molecule has 1 atom stereocenters. The summed E-state index contributed by atoms with van der Waals surface area (Å²) in [6.07, 6.45) is 2.27. The van der Waals surface area contributed by atoms with E-state index in [1.54, 1.807) is 5.38 Å². The number of carboxylic acid groups (broad SMARTS) is 1.